The van der Waals surface area contributed by atoms with Crippen LogP contribution in [0.3, 0.4) is 0 Å². The molecule has 5 aliphatic rings. The van der Waals surface area contributed by atoms with Crippen LogP contribution in [0.4, 0.5) is 4.79 Å². The Balaban J connectivity index is 1.09. The molecule has 176 valence electrons. The van der Waals surface area contributed by atoms with Crippen molar-refractivity contribution in [3.05, 3.63) is 0 Å². The maximum Gasteiger partial charge on any atom is 0.508 e. The predicted octanol–water partition coefficient (Wildman–Crippen LogP) is 4.66. The summed E-state index contributed by atoms with van der Waals surface area (Å²) in [5, 5.41) is 0. The topological polar surface area (TPSA) is 65.1 Å². The van der Waals surface area contributed by atoms with Gasteiger partial charge in [0, 0.05) is 18.4 Å². The highest BCUT2D eigenvalue weighted by Crippen LogP contribution is 2.61. The Bertz CT molecular complexity index is 600. The monoisotopic (exact) mass is 435 g/mol. The van der Waals surface area contributed by atoms with E-state index in [0.29, 0.717) is 25.6 Å². The number of carbonyl (C=O) groups excluding carboxylic acids is 2. The average Bonchev–Trinajstić information content (AvgIpc) is 2.73. The zero-order valence-corrected chi connectivity index (χ0v) is 19.5. The third-order valence-electron chi connectivity index (χ3n) is 8.19. The van der Waals surface area contributed by atoms with E-state index in [1.54, 1.807) is 0 Å². The van der Waals surface area contributed by atoms with Gasteiger partial charge in [-0.15, -0.1) is 0 Å². The van der Waals surface area contributed by atoms with Crippen molar-refractivity contribution in [2.24, 2.45) is 35.0 Å². The van der Waals surface area contributed by atoms with Crippen molar-refractivity contribution in [1.82, 2.24) is 4.90 Å². The molecule has 4 bridgehead atoms. The maximum absolute atomic E-state index is 12.5. The molecule has 4 saturated carbocycles. The average molecular weight is 436 g/mol. The summed E-state index contributed by atoms with van der Waals surface area (Å²) in [6.45, 7) is 8.20. The fourth-order valence-corrected chi connectivity index (χ4v) is 7.16. The van der Waals surface area contributed by atoms with Crippen LogP contribution in [0.25, 0.3) is 0 Å². The molecule has 6 nitrogen and oxygen atoms in total. The lowest BCUT2D eigenvalue weighted by Crippen LogP contribution is -2.47. The first-order valence-electron chi connectivity index (χ1n) is 12.6. The number of esters is 1. The van der Waals surface area contributed by atoms with E-state index in [2.05, 4.69) is 11.8 Å². The first-order chi connectivity index (χ1) is 14.9. The lowest BCUT2D eigenvalue weighted by Gasteiger charge is -2.56. The molecule has 0 aromatic rings. The highest BCUT2D eigenvalue weighted by atomic mass is 16.7. The van der Waals surface area contributed by atoms with Gasteiger partial charge in [-0.3, -0.25) is 4.79 Å². The summed E-state index contributed by atoms with van der Waals surface area (Å²) in [7, 11) is 0. The van der Waals surface area contributed by atoms with Crippen LogP contribution in [0, 0.1) is 35.0 Å². The summed E-state index contributed by atoms with van der Waals surface area (Å²) < 4.78 is 16.1. The Morgan fingerprint density at radius 1 is 1.00 bits per heavy atom. The molecule has 31 heavy (non-hydrogen) atoms. The third-order valence-corrected chi connectivity index (χ3v) is 8.19. The molecule has 0 N–H and O–H groups in total. The number of piperidine rings is 1. The molecule has 1 heterocycles. The van der Waals surface area contributed by atoms with E-state index >= 15 is 0 Å². The second-order valence-electron chi connectivity index (χ2n) is 11.2. The lowest BCUT2D eigenvalue weighted by atomic mass is 9.49. The Labute approximate surface area is 187 Å². The van der Waals surface area contributed by atoms with Gasteiger partial charge in [0.05, 0.1) is 19.6 Å². The van der Waals surface area contributed by atoms with Crippen molar-refractivity contribution in [2.75, 3.05) is 39.5 Å². The quantitative estimate of drug-likeness (QED) is 0.491. The minimum atomic E-state index is -0.611. The second-order valence-corrected chi connectivity index (χ2v) is 11.2. The first-order valence-corrected chi connectivity index (χ1v) is 12.6. The molecule has 0 aromatic carbocycles. The molecule has 6 heteroatoms. The van der Waals surface area contributed by atoms with E-state index in [0.717, 1.165) is 50.2 Å². The molecule has 5 rings (SSSR count). The summed E-state index contributed by atoms with van der Waals surface area (Å²) in [5.41, 5.74) is 0.210. The molecule has 2 unspecified atom stereocenters. The summed E-state index contributed by atoms with van der Waals surface area (Å²) in [5.74, 6) is 2.82. The minimum absolute atomic E-state index is 0.0295. The first kappa shape index (κ1) is 22.9. The number of carbonyl (C=O) groups is 2. The van der Waals surface area contributed by atoms with E-state index in [1.807, 2.05) is 6.92 Å². The van der Waals surface area contributed by atoms with Crippen molar-refractivity contribution in [2.45, 2.75) is 71.6 Å². The number of ether oxygens (including phenoxy) is 3. The lowest BCUT2D eigenvalue weighted by molar-refractivity contribution is -0.153. The molecular formula is C25H41NO5. The fourth-order valence-electron chi connectivity index (χ4n) is 7.16. The summed E-state index contributed by atoms with van der Waals surface area (Å²) >= 11 is 0. The zero-order chi connectivity index (χ0) is 21.8. The van der Waals surface area contributed by atoms with Crippen molar-refractivity contribution in [3.63, 3.8) is 0 Å². The molecular weight excluding hydrogens is 394 g/mol. The summed E-state index contributed by atoms with van der Waals surface area (Å²) in [4.78, 5) is 26.9. The van der Waals surface area contributed by atoms with Crippen LogP contribution < -0.4 is 0 Å². The van der Waals surface area contributed by atoms with Gasteiger partial charge in [-0.05, 0) is 87.6 Å². The van der Waals surface area contributed by atoms with Crippen LogP contribution in [-0.2, 0) is 19.0 Å². The van der Waals surface area contributed by atoms with Gasteiger partial charge in [-0.2, -0.15) is 0 Å². The number of rotatable bonds is 9. The Kier molecular flexibility index (Phi) is 7.45. The Hall–Kier alpha value is -1.30. The third kappa shape index (κ3) is 6.15. The number of hydrogen-bond donors (Lipinski definition) is 0. The zero-order valence-electron chi connectivity index (χ0n) is 19.5. The SMILES string of the molecule is CCN1CCCC(COC(=O)OCC(C)COC(=O)CC23CC4CC(CC(C4)C2)C3)C1. The molecule has 5 fully saturated rings. The van der Waals surface area contributed by atoms with E-state index in [1.165, 1.54) is 38.5 Å². The van der Waals surface area contributed by atoms with Crippen LogP contribution in [0.15, 0.2) is 0 Å². The molecule has 0 amide bonds. The molecule has 4 aliphatic carbocycles. The van der Waals surface area contributed by atoms with Crippen LogP contribution in [0.5, 0.6) is 0 Å². The molecule has 1 saturated heterocycles. The van der Waals surface area contributed by atoms with Gasteiger partial charge < -0.3 is 19.1 Å². The van der Waals surface area contributed by atoms with Crippen LogP contribution in [-0.4, -0.2) is 56.5 Å². The van der Waals surface area contributed by atoms with E-state index in [4.69, 9.17) is 14.2 Å². The van der Waals surface area contributed by atoms with Crippen LogP contribution >= 0.6 is 0 Å². The number of likely N-dealkylation sites (tertiary alicyclic amines) is 1. The van der Waals surface area contributed by atoms with Crippen molar-refractivity contribution in [3.8, 4) is 0 Å². The van der Waals surface area contributed by atoms with Gasteiger partial charge in [-0.1, -0.05) is 13.8 Å². The second kappa shape index (κ2) is 10.1. The van der Waals surface area contributed by atoms with E-state index < -0.39 is 6.16 Å². The highest BCUT2D eigenvalue weighted by molar-refractivity contribution is 5.70. The standard InChI is InChI=1S/C25H41NO5/c1-3-26-6-4-5-19(14-26)17-31-24(28)30-16-18(2)15-29-23(27)13-25-10-20-7-21(11-25)9-22(8-20)12-25/h18-22H,3-17H2,1-2H3. The molecule has 2 atom stereocenters. The smallest absolute Gasteiger partial charge is 0.465 e. The van der Waals surface area contributed by atoms with Gasteiger partial charge in [0.2, 0.25) is 0 Å². The van der Waals surface area contributed by atoms with Crippen molar-refractivity contribution >= 4 is 12.1 Å². The normalized spacial score (nSPS) is 35.5. The number of nitrogens with zero attached hydrogens (tertiary/aromatic N) is 1. The molecule has 0 radical (unpaired) electrons. The van der Waals surface area contributed by atoms with E-state index in [-0.39, 0.29) is 23.9 Å². The van der Waals surface area contributed by atoms with Gasteiger partial charge in [0.25, 0.3) is 0 Å². The van der Waals surface area contributed by atoms with Gasteiger partial charge in [0.15, 0.2) is 0 Å². The van der Waals surface area contributed by atoms with Gasteiger partial charge in [-0.25, -0.2) is 4.79 Å². The van der Waals surface area contributed by atoms with Crippen molar-refractivity contribution < 1.29 is 23.8 Å². The molecule has 1 aliphatic heterocycles. The highest BCUT2D eigenvalue weighted by Gasteiger charge is 2.51. The van der Waals surface area contributed by atoms with E-state index in [9.17, 15) is 9.59 Å². The van der Waals surface area contributed by atoms with Crippen LogP contribution in [0.2, 0.25) is 0 Å². The maximum atomic E-state index is 12.5. The minimum Gasteiger partial charge on any atom is -0.465 e. The molecule has 0 spiro atoms. The van der Waals surface area contributed by atoms with Gasteiger partial charge >= 0.3 is 12.1 Å². The number of hydrogen-bond acceptors (Lipinski definition) is 6. The Morgan fingerprint density at radius 3 is 2.29 bits per heavy atom. The summed E-state index contributed by atoms with van der Waals surface area (Å²) in [6.07, 6.45) is 10.0. The largest absolute Gasteiger partial charge is 0.508 e. The Morgan fingerprint density at radius 2 is 1.65 bits per heavy atom. The fraction of sp³-hybridized carbons (Fsp3) is 0.920. The predicted molar refractivity (Wildman–Crippen MR) is 117 cm³/mol. The van der Waals surface area contributed by atoms with Crippen molar-refractivity contribution in [1.29, 1.82) is 0 Å². The van der Waals surface area contributed by atoms with Crippen LogP contribution in [0.1, 0.15) is 71.6 Å². The van der Waals surface area contributed by atoms with Gasteiger partial charge in [0.1, 0.15) is 6.61 Å². The summed E-state index contributed by atoms with van der Waals surface area (Å²) in [6, 6.07) is 0. The molecule has 0 aromatic heterocycles.